The maximum absolute atomic E-state index is 14.2. The van der Waals surface area contributed by atoms with Crippen molar-refractivity contribution in [2.75, 3.05) is 12.4 Å². The number of amides is 1. The minimum Gasteiger partial charge on any atom is -0.496 e. The van der Waals surface area contributed by atoms with Crippen LogP contribution >= 0.6 is 0 Å². The molecule has 0 saturated heterocycles. The van der Waals surface area contributed by atoms with Crippen molar-refractivity contribution in [2.45, 2.75) is 59.1 Å². The van der Waals surface area contributed by atoms with Gasteiger partial charge < -0.3 is 24.4 Å². The van der Waals surface area contributed by atoms with E-state index < -0.39 is 36.1 Å². The van der Waals surface area contributed by atoms with Crippen LogP contribution in [0.4, 0.5) is 28.0 Å². The number of pyridine rings is 1. The van der Waals surface area contributed by atoms with Crippen LogP contribution in [0.15, 0.2) is 24.4 Å². The van der Waals surface area contributed by atoms with E-state index in [1.807, 2.05) is 13.8 Å². The lowest BCUT2D eigenvalue weighted by molar-refractivity contribution is -0.192. The van der Waals surface area contributed by atoms with Crippen LogP contribution in [-0.2, 0) is 32.1 Å². The topological polar surface area (TPSA) is 144 Å². The summed E-state index contributed by atoms with van der Waals surface area (Å²) in [5.74, 6) is -3.87. The van der Waals surface area contributed by atoms with Crippen LogP contribution in [0, 0.1) is 19.7 Å². The summed E-state index contributed by atoms with van der Waals surface area (Å²) in [4.78, 5) is 36.7. The number of methoxy groups -OCH3 is 1. The lowest BCUT2D eigenvalue weighted by Gasteiger charge is -2.17. The van der Waals surface area contributed by atoms with E-state index in [0.29, 0.717) is 11.4 Å². The number of rotatable bonds is 9. The van der Waals surface area contributed by atoms with Gasteiger partial charge in [0, 0.05) is 29.4 Å². The maximum Gasteiger partial charge on any atom is 0.490 e. The van der Waals surface area contributed by atoms with Crippen LogP contribution < -0.4 is 10.1 Å². The molecule has 1 aromatic heterocycles. The fraction of sp³-hybridized carbons (Fsp3) is 0.417. The van der Waals surface area contributed by atoms with Crippen molar-refractivity contribution in [3.05, 3.63) is 52.6 Å². The Morgan fingerprint density at radius 1 is 1.13 bits per heavy atom. The Kier molecular flexibility index (Phi) is 11.9. The Morgan fingerprint density at radius 3 is 2.24 bits per heavy atom. The number of carboxylic acids is 2. The van der Waals surface area contributed by atoms with E-state index in [9.17, 15) is 32.3 Å². The maximum atomic E-state index is 14.2. The molecule has 2 aromatic rings. The first-order valence-electron chi connectivity index (χ1n) is 11.0. The number of ether oxygens (including phenoxy) is 3. The Morgan fingerprint density at radius 2 is 1.74 bits per heavy atom. The molecule has 0 spiro atoms. The number of aliphatic carboxylic acids is 2. The first-order chi connectivity index (χ1) is 17.6. The van der Waals surface area contributed by atoms with E-state index in [0.717, 1.165) is 17.2 Å². The number of carbonyl (C=O) groups is 3. The number of carbonyl (C=O) groups excluding carboxylic acids is 1. The highest BCUT2D eigenvalue weighted by molar-refractivity contribution is 5.84. The second kappa shape index (κ2) is 14.1. The number of nitrogens with zero attached hydrogens (tertiary/aromatic N) is 1. The second-order valence-corrected chi connectivity index (χ2v) is 8.07. The van der Waals surface area contributed by atoms with Gasteiger partial charge in [-0.25, -0.2) is 18.8 Å². The van der Waals surface area contributed by atoms with Gasteiger partial charge in [-0.05, 0) is 51.5 Å². The molecule has 2 rings (SSSR count). The average Bonchev–Trinajstić information content (AvgIpc) is 2.80. The lowest BCUT2D eigenvalue weighted by atomic mass is 10.1. The van der Waals surface area contributed by atoms with Crippen molar-refractivity contribution in [1.82, 2.24) is 4.98 Å². The Bertz CT molecular complexity index is 1140. The molecule has 14 heteroatoms. The van der Waals surface area contributed by atoms with Gasteiger partial charge in [0.15, 0.2) is 6.10 Å². The number of halogens is 4. The van der Waals surface area contributed by atoms with Crippen molar-refractivity contribution in [3.8, 4) is 5.75 Å². The fourth-order valence-electron chi connectivity index (χ4n) is 3.04. The summed E-state index contributed by atoms with van der Waals surface area (Å²) >= 11 is 0. The van der Waals surface area contributed by atoms with E-state index >= 15 is 0 Å². The van der Waals surface area contributed by atoms with Gasteiger partial charge in [-0.15, -0.1) is 0 Å². The van der Waals surface area contributed by atoms with Gasteiger partial charge in [0.2, 0.25) is 0 Å². The van der Waals surface area contributed by atoms with Crippen LogP contribution in [-0.4, -0.2) is 58.7 Å². The SMILES string of the molecule is COc1c(C)cnc(COC(=O)Nc2ccc(F)c(CC(OC(C)C)C(=O)O)c2)c1C.O=C(O)C(F)(F)F. The van der Waals surface area contributed by atoms with Crippen LogP contribution in [0.2, 0.25) is 0 Å². The van der Waals surface area contributed by atoms with E-state index in [1.165, 1.54) is 12.1 Å². The van der Waals surface area contributed by atoms with Crippen molar-refractivity contribution < 1.29 is 56.4 Å². The molecular weight excluding hydrogens is 520 g/mol. The molecule has 0 bridgehead atoms. The van der Waals surface area contributed by atoms with Crippen LogP contribution in [0.1, 0.15) is 36.2 Å². The summed E-state index contributed by atoms with van der Waals surface area (Å²) in [5, 5.41) is 18.9. The van der Waals surface area contributed by atoms with Gasteiger partial charge in [0.1, 0.15) is 18.2 Å². The highest BCUT2D eigenvalue weighted by Crippen LogP contribution is 2.24. The van der Waals surface area contributed by atoms with E-state index in [1.54, 1.807) is 27.2 Å². The number of hydrogen-bond acceptors (Lipinski definition) is 7. The quantitative estimate of drug-likeness (QED) is 0.382. The van der Waals surface area contributed by atoms with Crippen LogP contribution in [0.3, 0.4) is 0 Å². The molecule has 1 atom stereocenters. The molecule has 0 aliphatic rings. The molecule has 1 aromatic carbocycles. The molecule has 0 fully saturated rings. The van der Waals surface area contributed by atoms with Crippen LogP contribution in [0.5, 0.6) is 5.75 Å². The molecule has 0 saturated carbocycles. The summed E-state index contributed by atoms with van der Waals surface area (Å²) in [6, 6.07) is 3.86. The number of benzene rings is 1. The minimum atomic E-state index is -5.08. The van der Waals surface area contributed by atoms with Crippen molar-refractivity contribution in [3.63, 3.8) is 0 Å². The summed E-state index contributed by atoms with van der Waals surface area (Å²) in [6.45, 7) is 7.00. The number of nitrogens with one attached hydrogen (secondary N) is 1. The lowest BCUT2D eigenvalue weighted by Crippen LogP contribution is -2.29. The van der Waals surface area contributed by atoms with Gasteiger partial charge in [0.25, 0.3) is 0 Å². The zero-order valence-corrected chi connectivity index (χ0v) is 21.2. The van der Waals surface area contributed by atoms with E-state index in [2.05, 4.69) is 10.3 Å². The first kappa shape index (κ1) is 32.1. The monoisotopic (exact) mass is 548 g/mol. The predicted octanol–water partition coefficient (Wildman–Crippen LogP) is 4.65. The Balaban J connectivity index is 0.000000905. The smallest absolute Gasteiger partial charge is 0.490 e. The average molecular weight is 548 g/mol. The van der Waals surface area contributed by atoms with Gasteiger partial charge in [0.05, 0.1) is 18.9 Å². The Labute approximate surface area is 215 Å². The number of carboxylic acid groups (broad SMARTS) is 2. The summed E-state index contributed by atoms with van der Waals surface area (Å²) in [6.07, 6.45) is -5.94. The van der Waals surface area contributed by atoms with Crippen molar-refractivity contribution in [1.29, 1.82) is 0 Å². The minimum absolute atomic E-state index is 0.0777. The zero-order valence-electron chi connectivity index (χ0n) is 21.2. The summed E-state index contributed by atoms with van der Waals surface area (Å²) in [7, 11) is 1.56. The third-order valence-electron chi connectivity index (χ3n) is 4.74. The van der Waals surface area contributed by atoms with Gasteiger partial charge in [-0.1, -0.05) is 0 Å². The molecule has 10 nitrogen and oxygen atoms in total. The molecular formula is C24H28F4N2O8. The molecule has 1 amide bonds. The molecule has 38 heavy (non-hydrogen) atoms. The molecule has 1 unspecified atom stereocenters. The second-order valence-electron chi connectivity index (χ2n) is 8.07. The van der Waals surface area contributed by atoms with Gasteiger partial charge >= 0.3 is 24.2 Å². The largest absolute Gasteiger partial charge is 0.496 e. The van der Waals surface area contributed by atoms with Crippen LogP contribution in [0.25, 0.3) is 0 Å². The van der Waals surface area contributed by atoms with Gasteiger partial charge in [-0.2, -0.15) is 13.2 Å². The van der Waals surface area contributed by atoms with E-state index in [4.69, 9.17) is 24.1 Å². The van der Waals surface area contributed by atoms with Crippen molar-refractivity contribution >= 4 is 23.7 Å². The summed E-state index contributed by atoms with van der Waals surface area (Å²) < 4.78 is 61.8. The third-order valence-corrected chi connectivity index (χ3v) is 4.74. The number of hydrogen-bond donors (Lipinski definition) is 3. The number of alkyl halides is 3. The fourth-order valence-corrected chi connectivity index (χ4v) is 3.04. The highest BCUT2D eigenvalue weighted by atomic mass is 19.4. The zero-order chi connectivity index (χ0) is 29.2. The number of anilines is 1. The number of aryl methyl sites for hydroxylation is 1. The normalized spacial score (nSPS) is 11.7. The summed E-state index contributed by atoms with van der Waals surface area (Å²) in [5.41, 5.74) is 2.55. The van der Waals surface area contributed by atoms with Crippen molar-refractivity contribution in [2.24, 2.45) is 0 Å². The van der Waals surface area contributed by atoms with E-state index in [-0.39, 0.29) is 30.4 Å². The first-order valence-corrected chi connectivity index (χ1v) is 11.0. The van der Waals surface area contributed by atoms with Gasteiger partial charge in [-0.3, -0.25) is 10.3 Å². The number of aromatic nitrogens is 1. The molecule has 0 aliphatic carbocycles. The molecule has 1 heterocycles. The highest BCUT2D eigenvalue weighted by Gasteiger charge is 2.38. The standard InChI is InChI=1S/C22H27FN2O6.C2HF3O2/c1-12(2)31-19(21(26)27)9-15-8-16(6-7-17(15)23)25-22(28)30-11-18-14(4)20(29-5)13(3)10-24-18;3-2(4,5)1(6)7/h6-8,10,12,19H,9,11H2,1-5H3,(H,25,28)(H,26,27);(H,6,7). The third kappa shape index (κ3) is 10.2. The molecule has 0 radical (unpaired) electrons. The predicted molar refractivity (Wildman–Crippen MR) is 126 cm³/mol. The molecule has 210 valence electrons. The molecule has 0 aliphatic heterocycles. The molecule has 3 N–H and O–H groups in total. The Hall–Kier alpha value is -3.94.